The average molecular weight is 454 g/mol. The number of imide groups is 1. The number of carbonyl (C=O) groups is 2. The monoisotopic (exact) mass is 453 g/mol. The Labute approximate surface area is 194 Å². The lowest BCUT2D eigenvalue weighted by Crippen LogP contribution is -2.48. The van der Waals surface area contributed by atoms with Crippen LogP contribution in [0.1, 0.15) is 43.9 Å². The summed E-state index contributed by atoms with van der Waals surface area (Å²) in [7, 11) is 3.23. The van der Waals surface area contributed by atoms with Gasteiger partial charge < -0.3 is 14.4 Å². The van der Waals surface area contributed by atoms with Gasteiger partial charge in [-0.15, -0.1) is 0 Å². The van der Waals surface area contributed by atoms with E-state index in [0.29, 0.717) is 13.1 Å². The molecular formula is C25H31N3O5. The molecule has 3 atom stereocenters. The normalized spacial score (nSPS) is 23.2. The standard InChI is InChI=1S/C25H31N3O5/c1-25(2,3)28-15-14-27(24(28)30)23(29)22-20(16-6-10-18(31-4)11-7-16)21(26-33-22)17-8-12-19(32-5)13-9-17/h6-13,20-22,26H,14-15H2,1-5H3/t20?,21?,22-/m1/s1. The maximum absolute atomic E-state index is 13.6. The highest BCUT2D eigenvalue weighted by atomic mass is 16.7. The average Bonchev–Trinajstić information content (AvgIpc) is 3.43. The van der Waals surface area contributed by atoms with Gasteiger partial charge in [0.05, 0.1) is 20.3 Å². The highest BCUT2D eigenvalue weighted by Crippen LogP contribution is 2.41. The Morgan fingerprint density at radius 3 is 1.97 bits per heavy atom. The van der Waals surface area contributed by atoms with E-state index in [4.69, 9.17) is 14.3 Å². The Bertz CT molecular complexity index is 1000. The van der Waals surface area contributed by atoms with Crippen molar-refractivity contribution in [2.75, 3.05) is 27.3 Å². The molecule has 0 aliphatic carbocycles. The van der Waals surface area contributed by atoms with Crippen LogP contribution in [0.3, 0.4) is 0 Å². The van der Waals surface area contributed by atoms with Gasteiger partial charge in [-0.1, -0.05) is 24.3 Å². The van der Waals surface area contributed by atoms with Gasteiger partial charge in [0, 0.05) is 24.5 Å². The van der Waals surface area contributed by atoms with Crippen LogP contribution in [0.15, 0.2) is 48.5 Å². The first-order valence-corrected chi connectivity index (χ1v) is 11.1. The van der Waals surface area contributed by atoms with Gasteiger partial charge in [-0.05, 0) is 56.2 Å². The van der Waals surface area contributed by atoms with Crippen molar-refractivity contribution >= 4 is 11.9 Å². The highest BCUT2D eigenvalue weighted by Gasteiger charge is 2.49. The van der Waals surface area contributed by atoms with Gasteiger partial charge in [-0.2, -0.15) is 5.48 Å². The van der Waals surface area contributed by atoms with Crippen LogP contribution in [0.5, 0.6) is 11.5 Å². The van der Waals surface area contributed by atoms with E-state index in [1.807, 2.05) is 69.3 Å². The number of rotatable bonds is 5. The van der Waals surface area contributed by atoms with Gasteiger partial charge in [-0.3, -0.25) is 14.5 Å². The number of hydrogen-bond donors (Lipinski definition) is 1. The van der Waals surface area contributed by atoms with Crippen molar-refractivity contribution in [3.8, 4) is 11.5 Å². The number of urea groups is 1. The van der Waals surface area contributed by atoms with Crippen molar-refractivity contribution in [3.05, 3.63) is 59.7 Å². The predicted octanol–water partition coefficient (Wildman–Crippen LogP) is 3.49. The molecule has 0 bridgehead atoms. The second-order valence-corrected chi connectivity index (χ2v) is 9.30. The molecule has 0 aromatic heterocycles. The number of methoxy groups -OCH3 is 2. The molecule has 4 rings (SSSR count). The molecule has 3 amide bonds. The number of hydroxylamine groups is 1. The van der Waals surface area contributed by atoms with Crippen LogP contribution in [0, 0.1) is 0 Å². The second-order valence-electron chi connectivity index (χ2n) is 9.30. The van der Waals surface area contributed by atoms with Crippen LogP contribution in [-0.2, 0) is 9.63 Å². The van der Waals surface area contributed by atoms with E-state index in [1.165, 1.54) is 4.90 Å². The van der Waals surface area contributed by atoms with Crippen molar-refractivity contribution < 1.29 is 23.9 Å². The Morgan fingerprint density at radius 1 is 0.939 bits per heavy atom. The third-order valence-electron chi connectivity index (χ3n) is 6.31. The van der Waals surface area contributed by atoms with E-state index in [0.717, 1.165) is 22.6 Å². The van der Waals surface area contributed by atoms with E-state index < -0.39 is 6.10 Å². The van der Waals surface area contributed by atoms with E-state index >= 15 is 0 Å². The van der Waals surface area contributed by atoms with Crippen molar-refractivity contribution in [3.63, 3.8) is 0 Å². The van der Waals surface area contributed by atoms with E-state index in [-0.39, 0.29) is 29.4 Å². The topological polar surface area (TPSA) is 80.3 Å². The zero-order valence-electron chi connectivity index (χ0n) is 19.7. The quantitative estimate of drug-likeness (QED) is 0.747. The molecule has 0 saturated carbocycles. The Kier molecular flexibility index (Phi) is 6.32. The summed E-state index contributed by atoms with van der Waals surface area (Å²) < 4.78 is 10.6. The van der Waals surface area contributed by atoms with Crippen LogP contribution in [-0.4, -0.2) is 60.7 Å². The minimum atomic E-state index is -0.852. The molecule has 8 nitrogen and oxygen atoms in total. The van der Waals surface area contributed by atoms with Crippen LogP contribution in [0.4, 0.5) is 4.79 Å². The van der Waals surface area contributed by atoms with Crippen LogP contribution in [0.25, 0.3) is 0 Å². The third kappa shape index (κ3) is 4.41. The molecule has 2 aliphatic heterocycles. The number of hydrogen-bond acceptors (Lipinski definition) is 6. The largest absolute Gasteiger partial charge is 0.497 e. The summed E-state index contributed by atoms with van der Waals surface area (Å²) in [5.74, 6) is 0.797. The molecule has 1 N–H and O–H groups in total. The summed E-state index contributed by atoms with van der Waals surface area (Å²) in [6.07, 6.45) is -0.852. The minimum Gasteiger partial charge on any atom is -0.497 e. The summed E-state index contributed by atoms with van der Waals surface area (Å²) in [4.78, 5) is 35.5. The summed E-state index contributed by atoms with van der Waals surface area (Å²) in [6.45, 7) is 6.74. The Balaban J connectivity index is 1.66. The van der Waals surface area contributed by atoms with E-state index in [9.17, 15) is 9.59 Å². The molecule has 0 spiro atoms. The summed E-state index contributed by atoms with van der Waals surface area (Å²) in [5.41, 5.74) is 4.57. The summed E-state index contributed by atoms with van der Waals surface area (Å²) in [6, 6.07) is 14.7. The molecule has 2 saturated heterocycles. The molecule has 2 fully saturated rings. The number of amides is 3. The van der Waals surface area contributed by atoms with Gasteiger partial charge in [0.2, 0.25) is 0 Å². The van der Waals surface area contributed by atoms with Crippen LogP contribution < -0.4 is 15.0 Å². The number of carbonyl (C=O) groups excluding carboxylic acids is 2. The fourth-order valence-corrected chi connectivity index (χ4v) is 4.47. The predicted molar refractivity (Wildman–Crippen MR) is 123 cm³/mol. The zero-order chi connectivity index (χ0) is 23.8. The van der Waals surface area contributed by atoms with Crippen molar-refractivity contribution in [1.82, 2.24) is 15.3 Å². The highest BCUT2D eigenvalue weighted by molar-refractivity contribution is 5.98. The molecular weight excluding hydrogens is 422 g/mol. The maximum atomic E-state index is 13.6. The molecule has 2 unspecified atom stereocenters. The first kappa shape index (κ1) is 23.1. The van der Waals surface area contributed by atoms with Crippen molar-refractivity contribution in [2.45, 2.75) is 44.4 Å². The maximum Gasteiger partial charge on any atom is 0.327 e. The van der Waals surface area contributed by atoms with Gasteiger partial charge in [0.15, 0.2) is 6.10 Å². The van der Waals surface area contributed by atoms with Gasteiger partial charge >= 0.3 is 6.03 Å². The minimum absolute atomic E-state index is 0.280. The van der Waals surface area contributed by atoms with Gasteiger partial charge in [-0.25, -0.2) is 4.79 Å². The smallest absolute Gasteiger partial charge is 0.327 e. The number of ether oxygens (including phenoxy) is 2. The molecule has 0 radical (unpaired) electrons. The van der Waals surface area contributed by atoms with E-state index in [2.05, 4.69) is 5.48 Å². The number of nitrogens with zero attached hydrogens (tertiary/aromatic N) is 2. The van der Waals surface area contributed by atoms with Crippen LogP contribution >= 0.6 is 0 Å². The third-order valence-corrected chi connectivity index (χ3v) is 6.31. The Hall–Kier alpha value is -3.10. The molecule has 2 aliphatic rings. The first-order chi connectivity index (χ1) is 15.7. The molecule has 33 heavy (non-hydrogen) atoms. The fraction of sp³-hybridized carbons (Fsp3) is 0.440. The van der Waals surface area contributed by atoms with Gasteiger partial charge in [0.25, 0.3) is 5.91 Å². The van der Waals surface area contributed by atoms with Gasteiger partial charge in [0.1, 0.15) is 11.5 Å². The molecule has 2 heterocycles. The lowest BCUT2D eigenvalue weighted by atomic mass is 9.83. The Morgan fingerprint density at radius 2 is 1.48 bits per heavy atom. The zero-order valence-corrected chi connectivity index (χ0v) is 19.7. The molecule has 2 aromatic carbocycles. The van der Waals surface area contributed by atoms with Crippen molar-refractivity contribution in [1.29, 1.82) is 0 Å². The lowest BCUT2D eigenvalue weighted by Gasteiger charge is -2.31. The number of benzene rings is 2. The summed E-state index contributed by atoms with van der Waals surface area (Å²) >= 11 is 0. The van der Waals surface area contributed by atoms with Crippen LogP contribution in [0.2, 0.25) is 0 Å². The lowest BCUT2D eigenvalue weighted by molar-refractivity contribution is -0.140. The molecule has 176 valence electrons. The second kappa shape index (κ2) is 9.03. The van der Waals surface area contributed by atoms with Crippen molar-refractivity contribution in [2.24, 2.45) is 0 Å². The fourth-order valence-electron chi connectivity index (χ4n) is 4.47. The number of nitrogens with one attached hydrogen (secondary N) is 1. The summed E-state index contributed by atoms with van der Waals surface area (Å²) in [5, 5.41) is 0. The molecule has 2 aromatic rings. The SMILES string of the molecule is COc1ccc(C2NO[C@@H](C(=O)N3CCN(C(C)(C)C)C3=O)C2c2ccc(OC)cc2)cc1. The van der Waals surface area contributed by atoms with E-state index in [1.54, 1.807) is 19.1 Å². The molecule has 8 heteroatoms. The first-order valence-electron chi connectivity index (χ1n) is 11.1.